The number of rotatable bonds is 0. The van der Waals surface area contributed by atoms with Gasteiger partial charge in [-0.3, -0.25) is 0 Å². The molecule has 0 heterocycles. The first-order chi connectivity index (χ1) is 8.00. The van der Waals surface area contributed by atoms with E-state index in [2.05, 4.69) is 0 Å². The highest BCUT2D eigenvalue weighted by molar-refractivity contribution is 3.52. The number of hydrogen-bond donors (Lipinski definition) is 0. The van der Waals surface area contributed by atoms with Crippen molar-refractivity contribution in [3.8, 4) is 0 Å². The van der Waals surface area contributed by atoms with Crippen LogP contribution in [0.25, 0.3) is 0 Å². The van der Waals surface area contributed by atoms with Crippen LogP contribution in [0.15, 0.2) is 0 Å². The Hall–Kier alpha value is 0. The van der Waals surface area contributed by atoms with Crippen molar-refractivity contribution in [2.75, 3.05) is 0 Å². The lowest BCUT2D eigenvalue weighted by Crippen LogP contribution is -0.856. The molecule has 0 atom stereocenters. The van der Waals surface area contributed by atoms with Gasteiger partial charge in [0.1, 0.15) is 0 Å². The van der Waals surface area contributed by atoms with Gasteiger partial charge < -0.3 is 0 Å². The van der Waals surface area contributed by atoms with Crippen molar-refractivity contribution < 1.29 is 0 Å². The maximum Gasteiger partial charge on any atom is -0.0683 e. The molecule has 0 aromatic carbocycles. The lowest BCUT2D eigenvalue weighted by molar-refractivity contribution is 1.50. The Balaban J connectivity index is -0.00000000114. The van der Waals surface area contributed by atoms with Gasteiger partial charge in [0, 0.05) is 0 Å². The third kappa shape index (κ3) is 0. The molecule has 0 saturated heterocycles. The van der Waals surface area contributed by atoms with Gasteiger partial charge in [-0.15, -0.1) is 0 Å². The summed E-state index contributed by atoms with van der Waals surface area (Å²) in [5.41, 5.74) is 0. The molecule has 0 aliphatic carbocycles. The zero-order valence-electron chi connectivity index (χ0n) is 16.0. The highest BCUT2D eigenvalue weighted by atomic mass is 13.0. The molecule has 0 N–H and O–H groups in total. The molecule has 0 aliphatic heterocycles. The smallest absolute Gasteiger partial charge is 0.0683 e. The summed E-state index contributed by atoms with van der Waals surface area (Å²) in [7, 11) is 0. The first kappa shape index (κ1) is 394. The molecule has 0 saturated carbocycles. The van der Waals surface area contributed by atoms with Gasteiger partial charge in [-0.1, -0.05) is 215 Å². The molecule has 0 radical (unpaired) electrons. The van der Waals surface area contributed by atoms with Gasteiger partial charge in [0.15, 0.2) is 0 Å². The van der Waals surface area contributed by atoms with Gasteiger partial charge in [0.2, 0.25) is 0 Å². The monoisotopic (exact) mass is 465 g/mol. The van der Waals surface area contributed by atoms with Crippen LogP contribution < -0.4 is 0 Å². The van der Waals surface area contributed by atoms with E-state index in [1.54, 1.807) is 0 Å². The van der Waals surface area contributed by atoms with Crippen LogP contribution in [0.1, 0.15) is 215 Å². The summed E-state index contributed by atoms with van der Waals surface area (Å²) in [6.07, 6.45) is 0. The molecule has 0 nitrogen and oxygen atoms in total. The van der Waals surface area contributed by atoms with Crippen molar-refractivity contribution in [2.45, 2.75) is 215 Å². The molecule has 0 unspecified atom stereocenters. The Bertz CT molecular complexity index is 0. The second-order valence-electron chi connectivity index (χ2n) is 0. The van der Waals surface area contributed by atoms with E-state index < -0.39 is 0 Å². The van der Waals surface area contributed by atoms with Crippen molar-refractivity contribution in [1.29, 1.82) is 0 Å². The van der Waals surface area contributed by atoms with Crippen LogP contribution in [0.4, 0.5) is 0 Å². The molecule has 0 spiro atoms. The molecular formula is C30H104. The molecule has 0 fully saturated rings. The van der Waals surface area contributed by atoms with Crippen molar-refractivity contribution >= 4 is 0 Å². The van der Waals surface area contributed by atoms with Crippen LogP contribution in [0, 0.1) is 0 Å². The van der Waals surface area contributed by atoms with Gasteiger partial charge in [0.05, 0.1) is 0 Å². The molecule has 0 aliphatic rings. The first-order valence-corrected chi connectivity index (χ1v) is 8.00. The lowest BCUT2D eigenvalue weighted by atomic mass is 11.0. The SMILES string of the molecule is C.C.C.C.C.C.C.C.C.C.C.C.C.C.CC.CC.CC.CC.CC.CC.CC.CC. The Labute approximate surface area is 214 Å². The summed E-state index contributed by atoms with van der Waals surface area (Å²) in [4.78, 5) is 0. The molecule has 0 aromatic heterocycles. The minimum Gasteiger partial charge on any atom is -0.0776 e. The van der Waals surface area contributed by atoms with Crippen molar-refractivity contribution in [2.24, 2.45) is 0 Å². The highest BCUT2D eigenvalue weighted by Gasteiger charge is 0.946. The summed E-state index contributed by atoms with van der Waals surface area (Å²) < 4.78 is 0. The fourth-order valence-corrected chi connectivity index (χ4v) is 0. The fraction of sp³-hybridized carbons (Fsp3) is 1.00. The van der Waals surface area contributed by atoms with Crippen LogP contribution >= 0.6 is 0 Å². The summed E-state index contributed by atoms with van der Waals surface area (Å²) in [5.74, 6) is 0. The van der Waals surface area contributed by atoms with Crippen molar-refractivity contribution in [1.82, 2.24) is 0 Å². The average molecular weight is 465 g/mol. The molecular weight excluding hydrogens is 360 g/mol. The van der Waals surface area contributed by atoms with Gasteiger partial charge >= 0.3 is 0 Å². The van der Waals surface area contributed by atoms with E-state index in [4.69, 9.17) is 0 Å². The molecule has 0 heteroatoms. The maximum atomic E-state index is 2.00. The van der Waals surface area contributed by atoms with E-state index in [1.807, 2.05) is 111 Å². The summed E-state index contributed by atoms with van der Waals surface area (Å²) >= 11 is 0. The maximum absolute atomic E-state index is 2.00. The molecule has 224 valence electrons. The standard InChI is InChI=1S/8C2H6.14CH4/c8*1-2;;;;;;;;;;;;;;/h8*1-2H3;14*1H4. The van der Waals surface area contributed by atoms with E-state index in [0.29, 0.717) is 0 Å². The summed E-state index contributed by atoms with van der Waals surface area (Å²) in [5, 5.41) is 0. The first-order valence-electron chi connectivity index (χ1n) is 8.00. The van der Waals surface area contributed by atoms with E-state index in [-0.39, 0.29) is 104 Å². The predicted molar refractivity (Wildman–Crippen MR) is 185 cm³/mol. The zero-order valence-corrected chi connectivity index (χ0v) is 16.0. The third-order valence-corrected chi connectivity index (χ3v) is 0. The van der Waals surface area contributed by atoms with E-state index in [1.165, 1.54) is 0 Å². The van der Waals surface area contributed by atoms with Gasteiger partial charge in [-0.2, -0.15) is 0 Å². The summed E-state index contributed by atoms with van der Waals surface area (Å²) in [6.45, 7) is 32.0. The minimum absolute atomic E-state index is 0. The van der Waals surface area contributed by atoms with E-state index >= 15 is 0 Å². The zero-order chi connectivity index (χ0) is 16.0. The van der Waals surface area contributed by atoms with Crippen LogP contribution in [0.5, 0.6) is 0 Å². The molecule has 0 rings (SSSR count). The van der Waals surface area contributed by atoms with Crippen LogP contribution in [-0.4, -0.2) is 0 Å². The second-order valence-corrected chi connectivity index (χ2v) is 0. The lowest BCUT2D eigenvalue weighted by Gasteiger charge is -1.07. The largest absolute Gasteiger partial charge is 0.0776 e. The van der Waals surface area contributed by atoms with E-state index in [0.717, 1.165) is 0 Å². The predicted octanol–water partition coefficient (Wildman–Crippen LogP) is 17.1. The molecule has 0 amide bonds. The van der Waals surface area contributed by atoms with Crippen LogP contribution in [0.3, 0.4) is 0 Å². The fourth-order valence-electron chi connectivity index (χ4n) is 0. The molecule has 30 heavy (non-hydrogen) atoms. The number of hydrogen-bond acceptors (Lipinski definition) is 0. The highest BCUT2D eigenvalue weighted by Crippen LogP contribution is 1.16. The summed E-state index contributed by atoms with van der Waals surface area (Å²) in [6, 6.07) is 0. The average Bonchev–Trinajstić information content (AvgIpc) is 2.54. The third-order valence-electron chi connectivity index (χ3n) is 0. The quantitative estimate of drug-likeness (QED) is 0.334. The molecule has 0 aromatic rings. The Morgan fingerprint density at radius 2 is 0.100 bits per heavy atom. The van der Waals surface area contributed by atoms with Gasteiger partial charge in [-0.25, -0.2) is 0 Å². The minimum atomic E-state index is 0. The van der Waals surface area contributed by atoms with E-state index in [9.17, 15) is 0 Å². The van der Waals surface area contributed by atoms with Crippen LogP contribution in [-0.2, 0) is 0 Å². The van der Waals surface area contributed by atoms with Crippen LogP contribution in [0.2, 0.25) is 0 Å². The second kappa shape index (κ2) is 0. The van der Waals surface area contributed by atoms with Crippen molar-refractivity contribution in [3.05, 3.63) is 0 Å². The normalized spacial score (nSPS) is 1.60. The van der Waals surface area contributed by atoms with Crippen molar-refractivity contribution in [3.63, 3.8) is 0 Å². The van der Waals surface area contributed by atoms with Gasteiger partial charge in [-0.05, 0) is 0 Å². The molecule has 0 bridgehead atoms. The Kier molecular flexibility index (Phi) is 0. The Morgan fingerprint density at radius 1 is 0.100 bits per heavy atom. The Morgan fingerprint density at radius 3 is 0.100 bits per heavy atom. The topological polar surface area (TPSA) is 0 Å². The van der Waals surface area contributed by atoms with Gasteiger partial charge in [0.25, 0.3) is 0 Å².